The minimum absolute atomic E-state index is 0.0291. The van der Waals surface area contributed by atoms with Gasteiger partial charge in [-0.15, -0.1) is 0 Å². The summed E-state index contributed by atoms with van der Waals surface area (Å²) in [6.07, 6.45) is 0. The molecule has 0 radical (unpaired) electrons. The van der Waals surface area contributed by atoms with Crippen LogP contribution in [-0.4, -0.2) is 11.3 Å². The molecule has 5 heteroatoms. The fourth-order valence-corrected chi connectivity index (χ4v) is 7.56. The Morgan fingerprint density at radius 1 is 0.468 bits per heavy atom. The first kappa shape index (κ1) is 26.1. The van der Waals surface area contributed by atoms with Crippen LogP contribution in [0.1, 0.15) is 0 Å². The van der Waals surface area contributed by atoms with Crippen LogP contribution in [0.2, 0.25) is 0 Å². The van der Waals surface area contributed by atoms with Gasteiger partial charge >= 0.3 is 0 Å². The van der Waals surface area contributed by atoms with Gasteiger partial charge in [0.2, 0.25) is 0 Å². The fourth-order valence-electron chi connectivity index (χ4n) is 7.56. The van der Waals surface area contributed by atoms with E-state index in [4.69, 9.17) is 9.47 Å². The summed E-state index contributed by atoms with van der Waals surface area (Å²) in [5, 5.41) is 2.37. The van der Waals surface area contributed by atoms with Crippen LogP contribution >= 0.6 is 0 Å². The molecule has 3 heterocycles. The van der Waals surface area contributed by atoms with Crippen LogP contribution in [0.5, 0.6) is 23.0 Å². The molecule has 47 heavy (non-hydrogen) atoms. The molecule has 0 spiro atoms. The van der Waals surface area contributed by atoms with E-state index in [0.29, 0.717) is 0 Å². The number of hydrogen-bond acceptors (Lipinski definition) is 3. The Kier molecular flexibility index (Phi) is 5.63. The number of fused-ring (bicyclic) bond motifs is 7. The van der Waals surface area contributed by atoms with Crippen LogP contribution in [0.15, 0.2) is 164 Å². The fraction of sp³-hybridized carbons (Fsp3) is 0. The third-order valence-corrected chi connectivity index (χ3v) is 9.48. The van der Waals surface area contributed by atoms with Crippen LogP contribution in [0.3, 0.4) is 0 Å². The summed E-state index contributed by atoms with van der Waals surface area (Å²) in [5.74, 6) is 3.39. The molecule has 8 aromatic rings. The number of nitrogens with zero attached hydrogens (tertiary/aromatic N) is 2. The first-order valence-electron chi connectivity index (χ1n) is 16.0. The summed E-state index contributed by atoms with van der Waals surface area (Å²) in [4.78, 5) is 2.34. The standard InChI is InChI=1S/C42H27BN2O2/c1-3-14-28(15-4-1)44(35-22-13-23-36-41(35)31-18-7-10-21-34(31)45(36)29-16-5-2-6-17-29)30-26-39-42-40(27-30)47-38-25-12-9-20-33(38)43(42)32-19-8-11-24-37(32)46-39/h1-27H. The number of para-hydroxylation sites is 5. The molecule has 10 rings (SSSR count). The zero-order chi connectivity index (χ0) is 30.9. The van der Waals surface area contributed by atoms with Crippen LogP contribution in [-0.2, 0) is 0 Å². The third kappa shape index (κ3) is 3.90. The summed E-state index contributed by atoms with van der Waals surface area (Å²) in [6.45, 7) is 0.0291. The summed E-state index contributed by atoms with van der Waals surface area (Å²) in [6, 6.07) is 57.5. The highest BCUT2D eigenvalue weighted by atomic mass is 16.5. The first-order chi connectivity index (χ1) is 23.3. The highest BCUT2D eigenvalue weighted by molar-refractivity contribution is 6.98. The van der Waals surface area contributed by atoms with Crippen molar-refractivity contribution in [1.29, 1.82) is 0 Å². The second-order valence-electron chi connectivity index (χ2n) is 12.1. The molecule has 2 aliphatic rings. The van der Waals surface area contributed by atoms with Gasteiger partial charge in [0.1, 0.15) is 23.0 Å². The van der Waals surface area contributed by atoms with Crippen LogP contribution in [0.25, 0.3) is 27.5 Å². The number of aromatic nitrogens is 1. The molecule has 0 amide bonds. The van der Waals surface area contributed by atoms with Crippen molar-refractivity contribution in [2.75, 3.05) is 4.90 Å². The van der Waals surface area contributed by atoms with Crippen molar-refractivity contribution in [2.24, 2.45) is 0 Å². The Morgan fingerprint density at radius 2 is 1.04 bits per heavy atom. The average Bonchev–Trinajstić information content (AvgIpc) is 3.47. The van der Waals surface area contributed by atoms with Gasteiger partial charge in [-0.3, -0.25) is 0 Å². The Bertz CT molecular complexity index is 2420. The van der Waals surface area contributed by atoms with Gasteiger partial charge in [0, 0.05) is 39.7 Å². The topological polar surface area (TPSA) is 26.6 Å². The summed E-state index contributed by atoms with van der Waals surface area (Å²) < 4.78 is 15.8. The smallest absolute Gasteiger partial charge is 0.260 e. The molecular formula is C42H27BN2O2. The highest BCUT2D eigenvalue weighted by Crippen LogP contribution is 2.46. The van der Waals surface area contributed by atoms with Gasteiger partial charge in [0.05, 0.1) is 22.4 Å². The summed E-state index contributed by atoms with van der Waals surface area (Å²) in [7, 11) is 0. The van der Waals surface area contributed by atoms with Crippen LogP contribution in [0, 0.1) is 0 Å². The minimum Gasteiger partial charge on any atom is -0.458 e. The van der Waals surface area contributed by atoms with Crippen molar-refractivity contribution in [1.82, 2.24) is 4.57 Å². The monoisotopic (exact) mass is 602 g/mol. The largest absolute Gasteiger partial charge is 0.458 e. The van der Waals surface area contributed by atoms with Crippen molar-refractivity contribution in [3.63, 3.8) is 0 Å². The van der Waals surface area contributed by atoms with E-state index < -0.39 is 0 Å². The predicted molar refractivity (Wildman–Crippen MR) is 193 cm³/mol. The van der Waals surface area contributed by atoms with Crippen molar-refractivity contribution in [2.45, 2.75) is 0 Å². The van der Waals surface area contributed by atoms with Crippen molar-refractivity contribution in [3.05, 3.63) is 164 Å². The molecule has 0 aliphatic carbocycles. The maximum Gasteiger partial charge on any atom is 0.260 e. The quantitative estimate of drug-likeness (QED) is 0.188. The van der Waals surface area contributed by atoms with Crippen molar-refractivity contribution in [3.8, 4) is 28.7 Å². The Morgan fingerprint density at radius 3 is 1.74 bits per heavy atom. The summed E-state index contributed by atoms with van der Waals surface area (Å²) in [5.41, 5.74) is 9.91. The lowest BCUT2D eigenvalue weighted by molar-refractivity contribution is 0.465. The lowest BCUT2D eigenvalue weighted by atomic mass is 9.35. The number of rotatable bonds is 4. The maximum atomic E-state index is 6.71. The van der Waals surface area contributed by atoms with Gasteiger partial charge < -0.3 is 18.9 Å². The Labute approximate surface area is 272 Å². The number of anilines is 3. The third-order valence-electron chi connectivity index (χ3n) is 9.48. The van der Waals surface area contributed by atoms with Gasteiger partial charge in [-0.1, -0.05) is 97.1 Å². The normalized spacial score (nSPS) is 12.6. The lowest BCUT2D eigenvalue weighted by Crippen LogP contribution is -2.57. The number of ether oxygens (including phenoxy) is 2. The SMILES string of the molecule is c1ccc(N(c2cc3c4c(c2)Oc2ccccc2B4c2ccccc2O3)c2cccc3c2c2ccccc2n3-c2ccccc2)cc1. The van der Waals surface area contributed by atoms with Gasteiger partial charge in [0.15, 0.2) is 0 Å². The molecule has 0 saturated carbocycles. The van der Waals surface area contributed by atoms with E-state index in [2.05, 4.69) is 161 Å². The minimum atomic E-state index is 0.0291. The van der Waals surface area contributed by atoms with E-state index in [0.717, 1.165) is 73.2 Å². The molecule has 0 unspecified atom stereocenters. The van der Waals surface area contributed by atoms with E-state index in [-0.39, 0.29) is 6.71 Å². The van der Waals surface area contributed by atoms with E-state index in [9.17, 15) is 0 Å². The Balaban J connectivity index is 1.25. The molecule has 2 aliphatic heterocycles. The molecule has 0 fully saturated rings. The average molecular weight is 603 g/mol. The van der Waals surface area contributed by atoms with Crippen molar-refractivity contribution >= 4 is 62.0 Å². The van der Waals surface area contributed by atoms with Gasteiger partial charge in [0.25, 0.3) is 6.71 Å². The maximum absolute atomic E-state index is 6.71. The molecule has 220 valence electrons. The number of hydrogen-bond donors (Lipinski definition) is 0. The molecular weight excluding hydrogens is 575 g/mol. The van der Waals surface area contributed by atoms with Gasteiger partial charge in [-0.25, -0.2) is 0 Å². The Hall–Kier alpha value is -6.20. The summed E-state index contributed by atoms with van der Waals surface area (Å²) >= 11 is 0. The van der Waals surface area contributed by atoms with Crippen molar-refractivity contribution < 1.29 is 9.47 Å². The molecule has 4 nitrogen and oxygen atoms in total. The zero-order valence-corrected chi connectivity index (χ0v) is 25.4. The zero-order valence-electron chi connectivity index (χ0n) is 25.4. The molecule has 0 atom stereocenters. The van der Waals surface area contributed by atoms with Gasteiger partial charge in [-0.05, 0) is 65.5 Å². The second-order valence-corrected chi connectivity index (χ2v) is 12.1. The molecule has 0 N–H and O–H groups in total. The van der Waals surface area contributed by atoms with Crippen LogP contribution < -0.4 is 30.8 Å². The molecule has 7 aromatic carbocycles. The van der Waals surface area contributed by atoms with E-state index in [1.165, 1.54) is 10.8 Å². The highest BCUT2D eigenvalue weighted by Gasteiger charge is 2.40. The second kappa shape index (κ2) is 10.2. The first-order valence-corrected chi connectivity index (χ1v) is 16.0. The van der Waals surface area contributed by atoms with Crippen LogP contribution in [0.4, 0.5) is 17.1 Å². The van der Waals surface area contributed by atoms with Gasteiger partial charge in [-0.2, -0.15) is 0 Å². The number of benzene rings is 7. The van der Waals surface area contributed by atoms with E-state index >= 15 is 0 Å². The van der Waals surface area contributed by atoms with E-state index in [1.807, 2.05) is 12.1 Å². The molecule has 0 saturated heterocycles. The molecule has 1 aromatic heterocycles. The molecule has 0 bridgehead atoms. The van der Waals surface area contributed by atoms with E-state index in [1.54, 1.807) is 0 Å². The lowest BCUT2D eigenvalue weighted by Gasteiger charge is -2.35. The predicted octanol–water partition coefficient (Wildman–Crippen LogP) is 8.98.